The van der Waals surface area contributed by atoms with Gasteiger partial charge in [0, 0.05) is 43.5 Å². The molecule has 4 rings (SSSR count). The summed E-state index contributed by atoms with van der Waals surface area (Å²) < 4.78 is 15.5. The predicted octanol–water partition coefficient (Wildman–Crippen LogP) is 4.45. The topological polar surface area (TPSA) is 54.3 Å². The zero-order valence-corrected chi connectivity index (χ0v) is 18.4. The van der Waals surface area contributed by atoms with Crippen molar-refractivity contribution >= 4 is 34.3 Å². The van der Waals surface area contributed by atoms with E-state index in [0.717, 1.165) is 16.5 Å². The van der Waals surface area contributed by atoms with E-state index in [2.05, 4.69) is 5.32 Å². The monoisotopic (exact) mass is 441 g/mol. The van der Waals surface area contributed by atoms with Gasteiger partial charge in [-0.1, -0.05) is 41.9 Å². The Hall–Kier alpha value is -2.86. The van der Waals surface area contributed by atoms with E-state index in [0.29, 0.717) is 48.8 Å². The molecule has 0 radical (unpaired) electrons. The molecule has 7 heteroatoms. The molecular weight excluding hydrogens is 417 g/mol. The van der Waals surface area contributed by atoms with Crippen molar-refractivity contribution in [3.63, 3.8) is 0 Å². The maximum atomic E-state index is 13.7. The molecule has 0 bridgehead atoms. The van der Waals surface area contributed by atoms with Gasteiger partial charge in [-0.15, -0.1) is 0 Å². The number of halogens is 2. The van der Waals surface area contributed by atoms with Gasteiger partial charge in [0.1, 0.15) is 11.5 Å². The summed E-state index contributed by atoms with van der Waals surface area (Å²) in [4.78, 5) is 27.5. The van der Waals surface area contributed by atoms with Crippen molar-refractivity contribution in [3.8, 4) is 0 Å². The Labute approximate surface area is 185 Å². The van der Waals surface area contributed by atoms with Crippen LogP contribution < -0.4 is 5.32 Å². The Morgan fingerprint density at radius 1 is 1.16 bits per heavy atom. The van der Waals surface area contributed by atoms with E-state index in [1.165, 1.54) is 6.07 Å². The number of benzene rings is 2. The number of aromatic nitrogens is 1. The second-order valence-corrected chi connectivity index (χ2v) is 8.48. The van der Waals surface area contributed by atoms with Crippen LogP contribution >= 0.6 is 11.6 Å². The van der Waals surface area contributed by atoms with Gasteiger partial charge in [-0.3, -0.25) is 9.59 Å². The Morgan fingerprint density at radius 2 is 1.87 bits per heavy atom. The number of fused-ring (bicyclic) bond motifs is 1. The second kappa shape index (κ2) is 8.71. The van der Waals surface area contributed by atoms with Crippen LogP contribution in [0.15, 0.2) is 42.5 Å². The van der Waals surface area contributed by atoms with E-state index in [1.807, 2.05) is 41.9 Å². The van der Waals surface area contributed by atoms with E-state index in [9.17, 15) is 14.0 Å². The molecule has 0 spiro atoms. The number of amides is 2. The summed E-state index contributed by atoms with van der Waals surface area (Å²) in [5.41, 5.74) is 2.71. The summed E-state index contributed by atoms with van der Waals surface area (Å²) in [6, 6.07) is 12.6. The van der Waals surface area contributed by atoms with Gasteiger partial charge >= 0.3 is 0 Å². The van der Waals surface area contributed by atoms with E-state index in [-0.39, 0.29) is 23.5 Å². The minimum absolute atomic E-state index is 0.0595. The van der Waals surface area contributed by atoms with Crippen molar-refractivity contribution in [1.82, 2.24) is 14.8 Å². The predicted molar refractivity (Wildman–Crippen MR) is 120 cm³/mol. The van der Waals surface area contributed by atoms with Crippen LogP contribution in [0.5, 0.6) is 0 Å². The van der Waals surface area contributed by atoms with Crippen molar-refractivity contribution < 1.29 is 14.0 Å². The maximum Gasteiger partial charge on any atom is 0.272 e. The molecule has 1 aliphatic heterocycles. The van der Waals surface area contributed by atoms with Crippen molar-refractivity contribution in [2.24, 2.45) is 13.0 Å². The molecule has 2 heterocycles. The third-order valence-corrected chi connectivity index (χ3v) is 6.49. The molecule has 1 aromatic heterocycles. The lowest BCUT2D eigenvalue weighted by atomic mass is 9.95. The zero-order valence-electron chi connectivity index (χ0n) is 17.6. The summed E-state index contributed by atoms with van der Waals surface area (Å²) in [5, 5.41) is 4.22. The molecule has 2 aromatic carbocycles. The highest BCUT2D eigenvalue weighted by atomic mass is 35.5. The highest BCUT2D eigenvalue weighted by Crippen LogP contribution is 2.31. The number of para-hydroxylation sites is 1. The van der Waals surface area contributed by atoms with Crippen LogP contribution in [-0.2, 0) is 18.4 Å². The molecule has 1 saturated heterocycles. The Kier molecular flexibility index (Phi) is 6.01. The summed E-state index contributed by atoms with van der Waals surface area (Å²) in [7, 11) is 1.84. The van der Waals surface area contributed by atoms with E-state index in [4.69, 9.17) is 11.6 Å². The fourth-order valence-electron chi connectivity index (χ4n) is 4.16. The molecule has 2 amide bonds. The zero-order chi connectivity index (χ0) is 22.1. The molecule has 1 N–H and O–H groups in total. The molecule has 162 valence electrons. The SMILES string of the molecule is Cc1ccc(CNC(=O)C2CCN(C(=O)c3c(Cl)c4ccccc4n3C)CC2)cc1F. The molecule has 5 nitrogen and oxygen atoms in total. The van der Waals surface area contributed by atoms with Crippen molar-refractivity contribution in [1.29, 1.82) is 0 Å². The number of aryl methyl sites for hydroxylation is 2. The lowest BCUT2D eigenvalue weighted by Crippen LogP contribution is -2.43. The fraction of sp³-hybridized carbons (Fsp3) is 0.333. The van der Waals surface area contributed by atoms with Crippen LogP contribution in [0, 0.1) is 18.7 Å². The van der Waals surface area contributed by atoms with E-state index >= 15 is 0 Å². The lowest BCUT2D eigenvalue weighted by molar-refractivity contribution is -0.126. The number of carbonyl (C=O) groups excluding carboxylic acids is 2. The number of rotatable bonds is 4. The molecule has 0 unspecified atom stereocenters. The maximum absolute atomic E-state index is 13.7. The van der Waals surface area contributed by atoms with Crippen LogP contribution in [0.3, 0.4) is 0 Å². The number of carbonyl (C=O) groups is 2. The average Bonchev–Trinajstić information content (AvgIpc) is 3.04. The number of likely N-dealkylation sites (tertiary alicyclic amines) is 1. The lowest BCUT2D eigenvalue weighted by Gasteiger charge is -2.31. The first-order valence-electron chi connectivity index (χ1n) is 10.4. The quantitative estimate of drug-likeness (QED) is 0.650. The standard InChI is InChI=1S/C24H25ClFN3O2/c1-15-7-8-16(13-19(15)26)14-27-23(30)17-9-11-29(12-10-17)24(31)22-21(25)18-5-3-4-6-20(18)28(22)2/h3-8,13,17H,9-12,14H2,1-2H3,(H,27,30). The van der Waals surface area contributed by atoms with Gasteiger partial charge in [-0.2, -0.15) is 0 Å². The molecule has 0 atom stereocenters. The van der Waals surface area contributed by atoms with Crippen LogP contribution in [0.4, 0.5) is 4.39 Å². The van der Waals surface area contributed by atoms with Crippen molar-refractivity contribution in [2.45, 2.75) is 26.3 Å². The van der Waals surface area contributed by atoms with Gasteiger partial charge < -0.3 is 14.8 Å². The van der Waals surface area contributed by atoms with E-state index in [1.54, 1.807) is 17.9 Å². The Bertz CT molecular complexity index is 1110. The van der Waals surface area contributed by atoms with Gasteiger partial charge in [0.15, 0.2) is 0 Å². The summed E-state index contributed by atoms with van der Waals surface area (Å²) >= 11 is 6.52. The van der Waals surface area contributed by atoms with E-state index < -0.39 is 0 Å². The molecule has 0 aliphatic carbocycles. The highest BCUT2D eigenvalue weighted by molar-refractivity contribution is 6.38. The Balaban J connectivity index is 1.36. The van der Waals surface area contributed by atoms with Crippen LogP contribution in [0.2, 0.25) is 5.02 Å². The summed E-state index contributed by atoms with van der Waals surface area (Å²) in [5.74, 6) is -0.610. The minimum atomic E-state index is -0.273. The second-order valence-electron chi connectivity index (χ2n) is 8.11. The third-order valence-electron chi connectivity index (χ3n) is 6.10. The first-order chi connectivity index (χ1) is 14.9. The molecule has 1 fully saturated rings. The van der Waals surface area contributed by atoms with Gasteiger partial charge in [0.2, 0.25) is 5.91 Å². The van der Waals surface area contributed by atoms with Gasteiger partial charge in [0.25, 0.3) is 5.91 Å². The summed E-state index contributed by atoms with van der Waals surface area (Å²) in [6.45, 7) is 2.99. The highest BCUT2D eigenvalue weighted by Gasteiger charge is 2.30. The smallest absolute Gasteiger partial charge is 0.272 e. The number of piperidine rings is 1. The van der Waals surface area contributed by atoms with Crippen molar-refractivity contribution in [2.75, 3.05) is 13.1 Å². The first kappa shape index (κ1) is 21.4. The molecular formula is C24H25ClFN3O2. The normalized spacial score (nSPS) is 14.8. The molecule has 0 saturated carbocycles. The van der Waals surface area contributed by atoms with Crippen LogP contribution in [-0.4, -0.2) is 34.4 Å². The Morgan fingerprint density at radius 3 is 2.55 bits per heavy atom. The van der Waals surface area contributed by atoms with Gasteiger partial charge in [-0.05, 0) is 43.0 Å². The minimum Gasteiger partial charge on any atom is -0.352 e. The molecule has 1 aliphatic rings. The fourth-order valence-corrected chi connectivity index (χ4v) is 4.53. The van der Waals surface area contributed by atoms with Crippen molar-refractivity contribution in [3.05, 3.63) is 70.1 Å². The van der Waals surface area contributed by atoms with Crippen LogP contribution in [0.1, 0.15) is 34.5 Å². The summed E-state index contributed by atoms with van der Waals surface area (Å²) in [6.07, 6.45) is 1.17. The largest absolute Gasteiger partial charge is 0.352 e. The number of hydrogen-bond acceptors (Lipinski definition) is 2. The van der Waals surface area contributed by atoms with Gasteiger partial charge in [0.05, 0.1) is 5.02 Å². The number of nitrogens with zero attached hydrogens (tertiary/aromatic N) is 2. The van der Waals surface area contributed by atoms with Crippen LogP contribution in [0.25, 0.3) is 10.9 Å². The molecule has 31 heavy (non-hydrogen) atoms. The first-order valence-corrected chi connectivity index (χ1v) is 10.8. The number of nitrogens with one attached hydrogen (secondary N) is 1. The van der Waals surface area contributed by atoms with Gasteiger partial charge in [-0.25, -0.2) is 4.39 Å². The third kappa shape index (κ3) is 4.17. The number of hydrogen-bond donors (Lipinski definition) is 1. The molecule has 3 aromatic rings. The average molecular weight is 442 g/mol.